The summed E-state index contributed by atoms with van der Waals surface area (Å²) >= 11 is 6.16. The molecule has 0 fully saturated rings. The molecule has 0 bridgehead atoms. The van der Waals surface area contributed by atoms with Crippen LogP contribution in [0.1, 0.15) is 28.7 Å². The highest BCUT2D eigenvalue weighted by Crippen LogP contribution is 2.27. The van der Waals surface area contributed by atoms with Crippen molar-refractivity contribution >= 4 is 34.8 Å². The molecule has 0 aliphatic heterocycles. The quantitative estimate of drug-likeness (QED) is 0.800. The summed E-state index contributed by atoms with van der Waals surface area (Å²) < 4.78 is 0. The van der Waals surface area contributed by atoms with Gasteiger partial charge in [-0.1, -0.05) is 23.7 Å². The van der Waals surface area contributed by atoms with E-state index in [4.69, 9.17) is 11.6 Å². The van der Waals surface area contributed by atoms with Crippen LogP contribution in [0.3, 0.4) is 0 Å². The lowest BCUT2D eigenvalue weighted by Crippen LogP contribution is -2.22. The van der Waals surface area contributed by atoms with Gasteiger partial charge in [0.25, 0.3) is 0 Å². The second-order valence-corrected chi connectivity index (χ2v) is 6.42. The summed E-state index contributed by atoms with van der Waals surface area (Å²) in [6, 6.07) is 9.33. The second kappa shape index (κ2) is 7.49. The van der Waals surface area contributed by atoms with Crippen LogP contribution >= 0.6 is 11.6 Å². The van der Waals surface area contributed by atoms with Crippen LogP contribution in [0.5, 0.6) is 0 Å². The number of halogens is 1. The average Bonchev–Trinajstić information content (AvgIpc) is 2.46. The molecule has 0 aromatic heterocycles. The lowest BCUT2D eigenvalue weighted by atomic mass is 10.1. The molecule has 2 aromatic rings. The zero-order valence-corrected chi connectivity index (χ0v) is 15.0. The van der Waals surface area contributed by atoms with Crippen molar-refractivity contribution in [2.24, 2.45) is 0 Å². The summed E-state index contributed by atoms with van der Waals surface area (Å²) in [4.78, 5) is 24.1. The van der Waals surface area contributed by atoms with E-state index < -0.39 is 5.91 Å². The van der Waals surface area contributed by atoms with Crippen molar-refractivity contribution in [3.8, 4) is 0 Å². The molecule has 2 rings (SSSR count). The highest BCUT2D eigenvalue weighted by atomic mass is 35.5. The lowest BCUT2D eigenvalue weighted by Gasteiger charge is -2.12. The van der Waals surface area contributed by atoms with Gasteiger partial charge >= 0.3 is 0 Å². The Labute approximate surface area is 147 Å². The number of aryl methyl sites for hydroxylation is 4. The highest BCUT2D eigenvalue weighted by molar-refractivity contribution is 6.34. The number of anilines is 2. The molecule has 0 aliphatic carbocycles. The van der Waals surface area contributed by atoms with E-state index in [1.54, 1.807) is 6.07 Å². The number of rotatable bonds is 4. The van der Waals surface area contributed by atoms with E-state index in [9.17, 15) is 9.59 Å². The number of hydrogen-bond acceptors (Lipinski definition) is 2. The molecule has 0 unspecified atom stereocenters. The molecular formula is C19H21ClN2O2. The van der Waals surface area contributed by atoms with E-state index in [2.05, 4.69) is 10.6 Å². The molecule has 126 valence electrons. The summed E-state index contributed by atoms with van der Waals surface area (Å²) in [5.41, 5.74) is 5.34. The van der Waals surface area contributed by atoms with Crippen LogP contribution in [0.2, 0.25) is 5.02 Å². The van der Waals surface area contributed by atoms with Crippen LogP contribution < -0.4 is 10.6 Å². The number of carbonyl (C=O) groups is 2. The Hall–Kier alpha value is -2.33. The molecule has 0 spiro atoms. The molecule has 0 saturated carbocycles. The maximum absolute atomic E-state index is 12.1. The summed E-state index contributed by atoms with van der Waals surface area (Å²) in [6.07, 6.45) is -0.267. The standard InChI is InChI=1S/C19H21ClN2O2/c1-11-7-14(4)19(16(20)8-11)22-18(24)10-17(23)21-15-6-5-12(2)13(3)9-15/h5-9H,10H2,1-4H3,(H,21,23)(H,22,24). The lowest BCUT2D eigenvalue weighted by molar-refractivity contribution is -0.123. The predicted octanol–water partition coefficient (Wildman–Crippen LogP) is 4.54. The number of carbonyl (C=O) groups excluding carboxylic acids is 2. The van der Waals surface area contributed by atoms with Crippen molar-refractivity contribution in [2.45, 2.75) is 34.1 Å². The van der Waals surface area contributed by atoms with E-state index in [1.807, 2.05) is 52.0 Å². The van der Waals surface area contributed by atoms with E-state index in [1.165, 1.54) is 0 Å². The number of benzene rings is 2. The van der Waals surface area contributed by atoms with E-state index in [-0.39, 0.29) is 12.3 Å². The zero-order chi connectivity index (χ0) is 17.9. The maximum atomic E-state index is 12.1. The fraction of sp³-hybridized carbons (Fsp3) is 0.263. The van der Waals surface area contributed by atoms with Gasteiger partial charge in [0.15, 0.2) is 0 Å². The first-order valence-electron chi connectivity index (χ1n) is 7.70. The van der Waals surface area contributed by atoms with Gasteiger partial charge in [0.2, 0.25) is 11.8 Å². The van der Waals surface area contributed by atoms with E-state index in [0.717, 1.165) is 22.3 Å². The third-order valence-electron chi connectivity index (χ3n) is 3.81. The van der Waals surface area contributed by atoms with E-state index in [0.29, 0.717) is 16.4 Å². The average molecular weight is 345 g/mol. The molecule has 0 radical (unpaired) electrons. The van der Waals surface area contributed by atoms with E-state index >= 15 is 0 Å². The van der Waals surface area contributed by atoms with Crippen molar-refractivity contribution in [1.29, 1.82) is 0 Å². The smallest absolute Gasteiger partial charge is 0.233 e. The van der Waals surface area contributed by atoms with Gasteiger partial charge in [-0.05, 0) is 68.1 Å². The van der Waals surface area contributed by atoms with Gasteiger partial charge in [0, 0.05) is 5.69 Å². The second-order valence-electron chi connectivity index (χ2n) is 6.01. The first-order valence-corrected chi connectivity index (χ1v) is 8.08. The third kappa shape index (κ3) is 4.59. The summed E-state index contributed by atoms with van der Waals surface area (Å²) in [5.74, 6) is -0.762. The molecule has 5 heteroatoms. The predicted molar refractivity (Wildman–Crippen MR) is 98.7 cm³/mol. The van der Waals surface area contributed by atoms with Crippen molar-refractivity contribution in [1.82, 2.24) is 0 Å². The van der Waals surface area contributed by atoms with Gasteiger partial charge in [-0.25, -0.2) is 0 Å². The van der Waals surface area contributed by atoms with Crippen LogP contribution in [0, 0.1) is 27.7 Å². The van der Waals surface area contributed by atoms with Crippen molar-refractivity contribution in [2.75, 3.05) is 10.6 Å². The summed E-state index contributed by atoms with van der Waals surface area (Å²) in [5, 5.41) is 5.91. The van der Waals surface area contributed by atoms with Gasteiger partial charge < -0.3 is 10.6 Å². The van der Waals surface area contributed by atoms with Crippen molar-refractivity contribution in [3.05, 3.63) is 57.6 Å². The molecule has 0 aliphatic rings. The zero-order valence-electron chi connectivity index (χ0n) is 14.3. The molecule has 2 N–H and O–H groups in total. The first-order chi connectivity index (χ1) is 11.3. The fourth-order valence-corrected chi connectivity index (χ4v) is 2.80. The van der Waals surface area contributed by atoms with Crippen LogP contribution in [0.25, 0.3) is 0 Å². The number of amides is 2. The summed E-state index contributed by atoms with van der Waals surface area (Å²) in [7, 11) is 0. The minimum absolute atomic E-state index is 0.267. The first kappa shape index (κ1) is 18.0. The molecule has 2 aromatic carbocycles. The van der Waals surface area contributed by atoms with Crippen LogP contribution in [0.15, 0.2) is 30.3 Å². The Morgan fingerprint density at radius 3 is 2.17 bits per heavy atom. The molecule has 0 heterocycles. The van der Waals surface area contributed by atoms with Crippen LogP contribution in [-0.2, 0) is 9.59 Å². The molecular weight excluding hydrogens is 324 g/mol. The van der Waals surface area contributed by atoms with Crippen molar-refractivity contribution in [3.63, 3.8) is 0 Å². The summed E-state index contributed by atoms with van der Waals surface area (Å²) in [6.45, 7) is 7.77. The maximum Gasteiger partial charge on any atom is 0.233 e. The Morgan fingerprint density at radius 1 is 0.875 bits per heavy atom. The Bertz CT molecular complexity index is 777. The van der Waals surface area contributed by atoms with Gasteiger partial charge in [0.05, 0.1) is 10.7 Å². The van der Waals surface area contributed by atoms with Gasteiger partial charge in [-0.3, -0.25) is 9.59 Å². The van der Waals surface area contributed by atoms with Crippen LogP contribution in [-0.4, -0.2) is 11.8 Å². The van der Waals surface area contributed by atoms with Gasteiger partial charge in [-0.2, -0.15) is 0 Å². The SMILES string of the molecule is Cc1cc(C)c(NC(=O)CC(=O)Nc2ccc(C)c(C)c2)c(Cl)c1. The monoisotopic (exact) mass is 344 g/mol. The molecule has 0 saturated heterocycles. The number of nitrogens with one attached hydrogen (secondary N) is 2. The normalized spacial score (nSPS) is 10.4. The Kier molecular flexibility index (Phi) is 5.62. The third-order valence-corrected chi connectivity index (χ3v) is 4.11. The topological polar surface area (TPSA) is 58.2 Å². The molecule has 4 nitrogen and oxygen atoms in total. The Morgan fingerprint density at radius 2 is 1.54 bits per heavy atom. The van der Waals surface area contributed by atoms with Crippen LogP contribution in [0.4, 0.5) is 11.4 Å². The number of hydrogen-bond donors (Lipinski definition) is 2. The fourth-order valence-electron chi connectivity index (χ4n) is 2.43. The minimum Gasteiger partial charge on any atom is -0.326 e. The highest BCUT2D eigenvalue weighted by Gasteiger charge is 2.13. The molecule has 2 amide bonds. The largest absolute Gasteiger partial charge is 0.326 e. The Balaban J connectivity index is 1.99. The van der Waals surface area contributed by atoms with Gasteiger partial charge in [-0.15, -0.1) is 0 Å². The van der Waals surface area contributed by atoms with Crippen molar-refractivity contribution < 1.29 is 9.59 Å². The molecule has 24 heavy (non-hydrogen) atoms. The minimum atomic E-state index is -0.398. The molecule has 0 atom stereocenters. The van der Waals surface area contributed by atoms with Gasteiger partial charge in [0.1, 0.15) is 6.42 Å².